The van der Waals surface area contributed by atoms with E-state index in [-0.39, 0.29) is 36.2 Å². The highest BCUT2D eigenvalue weighted by Crippen LogP contribution is 2.60. The summed E-state index contributed by atoms with van der Waals surface area (Å²) in [6.07, 6.45) is -0.539. The third-order valence-electron chi connectivity index (χ3n) is 9.77. The van der Waals surface area contributed by atoms with E-state index in [1.807, 2.05) is 43.3 Å². The summed E-state index contributed by atoms with van der Waals surface area (Å²) in [7, 11) is -0.775. The molecule has 1 spiro atoms. The second-order valence-electron chi connectivity index (χ2n) is 12.5. The first-order chi connectivity index (χ1) is 21.5. The van der Waals surface area contributed by atoms with Crippen molar-refractivity contribution in [2.24, 2.45) is 5.92 Å². The van der Waals surface area contributed by atoms with Crippen LogP contribution in [0.15, 0.2) is 66.7 Å². The summed E-state index contributed by atoms with van der Waals surface area (Å²) in [6, 6.07) is 19.9. The predicted molar refractivity (Wildman–Crippen MR) is 171 cm³/mol. The Kier molecular flexibility index (Phi) is 7.92. The Balaban J connectivity index is 1.43. The van der Waals surface area contributed by atoms with E-state index in [4.69, 9.17) is 14.2 Å². The molecule has 0 unspecified atom stereocenters. The van der Waals surface area contributed by atoms with Crippen LogP contribution >= 0.6 is 0 Å². The van der Waals surface area contributed by atoms with Crippen molar-refractivity contribution in [2.45, 2.75) is 50.2 Å². The van der Waals surface area contributed by atoms with Gasteiger partial charge in [0.05, 0.1) is 45.0 Å². The smallest absolute Gasteiger partial charge is 0.414 e. The second kappa shape index (κ2) is 11.6. The number of carbonyl (C=O) groups excluding carboxylic acids is 2. The summed E-state index contributed by atoms with van der Waals surface area (Å²) in [4.78, 5) is 41.7. The molecule has 3 aliphatic rings. The van der Waals surface area contributed by atoms with Gasteiger partial charge in [-0.25, -0.2) is 4.79 Å². The Bertz CT molecular complexity index is 1650. The van der Waals surface area contributed by atoms with Crippen LogP contribution in [0.25, 0.3) is 0 Å². The van der Waals surface area contributed by atoms with Gasteiger partial charge in [0.25, 0.3) is 11.6 Å². The number of methoxy groups -OCH3 is 1. The maximum Gasteiger partial charge on any atom is 0.414 e. The van der Waals surface area contributed by atoms with Gasteiger partial charge >= 0.3 is 6.09 Å². The average molecular weight is 632 g/mol. The third-order valence-corrected chi connectivity index (χ3v) is 14.1. The van der Waals surface area contributed by atoms with Gasteiger partial charge in [0.1, 0.15) is 12.4 Å². The molecule has 2 amide bonds. The Labute approximate surface area is 262 Å². The SMILES string of the molecule is COc1ccc([Si](C)(C)[C@@H]2[C@@H](CCO)O[C@]3(C(=O)N(Cc4cccc(N5CCOC5=O)c4)c4ccc([N+](=O)[O-])cc43)[C@H]2C)cc1. The molecule has 3 aliphatic heterocycles. The summed E-state index contributed by atoms with van der Waals surface area (Å²) < 4.78 is 17.3. The van der Waals surface area contributed by atoms with Crippen LogP contribution in [-0.4, -0.2) is 63.1 Å². The first-order valence-corrected chi connectivity index (χ1v) is 18.2. The first-order valence-electron chi connectivity index (χ1n) is 15.1. The molecule has 0 saturated carbocycles. The van der Waals surface area contributed by atoms with Crippen LogP contribution < -0.4 is 19.7 Å². The quantitative estimate of drug-likeness (QED) is 0.204. The molecule has 0 aliphatic carbocycles. The maximum atomic E-state index is 14.8. The molecule has 45 heavy (non-hydrogen) atoms. The van der Waals surface area contributed by atoms with E-state index < -0.39 is 30.8 Å². The first kappa shape index (κ1) is 30.7. The standard InChI is InChI=1S/C33H37N3O8Si/c1-21-30(45(3,4)26-11-9-25(42-2)10-12-26)29(14-16-37)44-33(21)27-19-24(36(40)41)8-13-28(27)35(31(33)38)20-22-6-5-7-23(18-22)34-15-17-43-32(34)39/h5-13,18-19,21,29-30,37H,14-17,20H2,1-4H3/t21-,29+,30-,33+/m0/s1. The molecule has 0 aromatic heterocycles. The zero-order chi connectivity index (χ0) is 32.1. The molecule has 4 atom stereocenters. The van der Waals surface area contributed by atoms with Gasteiger partial charge < -0.3 is 24.2 Å². The number of hydrogen-bond donors (Lipinski definition) is 1. The minimum atomic E-state index is -2.40. The minimum Gasteiger partial charge on any atom is -0.497 e. The Morgan fingerprint density at radius 3 is 2.51 bits per heavy atom. The van der Waals surface area contributed by atoms with E-state index in [0.717, 1.165) is 16.5 Å². The minimum absolute atomic E-state index is 0.0986. The molecule has 2 fully saturated rings. The van der Waals surface area contributed by atoms with Crippen molar-refractivity contribution >= 4 is 42.3 Å². The average Bonchev–Trinajstić information content (AvgIpc) is 3.66. The molecule has 3 aromatic rings. The van der Waals surface area contributed by atoms with E-state index in [0.29, 0.717) is 36.5 Å². The predicted octanol–water partition coefficient (Wildman–Crippen LogP) is 4.71. The number of nitrogens with zero attached hydrogens (tertiary/aromatic N) is 3. The summed E-state index contributed by atoms with van der Waals surface area (Å²) >= 11 is 0. The summed E-state index contributed by atoms with van der Waals surface area (Å²) in [5.41, 5.74) is 0.777. The second-order valence-corrected chi connectivity index (χ2v) is 17.1. The fourth-order valence-corrected chi connectivity index (χ4v) is 11.7. The lowest BCUT2D eigenvalue weighted by molar-refractivity contribution is -0.385. The summed E-state index contributed by atoms with van der Waals surface area (Å²) in [5, 5.41) is 23.2. The number of aliphatic hydroxyl groups is 1. The number of amides is 2. The third kappa shape index (κ3) is 4.97. The number of aliphatic hydroxyl groups excluding tert-OH is 1. The number of non-ortho nitro benzene ring substituents is 1. The van der Waals surface area contributed by atoms with Gasteiger partial charge in [-0.05, 0) is 47.9 Å². The molecular weight excluding hydrogens is 594 g/mol. The molecule has 2 saturated heterocycles. The van der Waals surface area contributed by atoms with Crippen molar-refractivity contribution < 1.29 is 33.8 Å². The normalized spacial score (nSPS) is 24.3. The summed E-state index contributed by atoms with van der Waals surface area (Å²) in [6.45, 7) is 7.28. The molecule has 3 heterocycles. The number of anilines is 2. The van der Waals surface area contributed by atoms with Gasteiger partial charge in [-0.1, -0.05) is 49.5 Å². The van der Waals surface area contributed by atoms with Crippen LogP contribution in [0, 0.1) is 16.0 Å². The molecule has 1 N–H and O–H groups in total. The molecule has 236 valence electrons. The van der Waals surface area contributed by atoms with Crippen LogP contribution in [0.1, 0.15) is 24.5 Å². The largest absolute Gasteiger partial charge is 0.497 e. The highest BCUT2D eigenvalue weighted by atomic mass is 28.3. The van der Waals surface area contributed by atoms with Crippen LogP contribution in [0.5, 0.6) is 5.75 Å². The topological polar surface area (TPSA) is 132 Å². The number of nitro benzene ring substituents is 1. The molecule has 0 bridgehead atoms. The number of nitro groups is 1. The van der Waals surface area contributed by atoms with Crippen molar-refractivity contribution in [1.82, 2.24) is 0 Å². The van der Waals surface area contributed by atoms with Crippen LogP contribution in [0.2, 0.25) is 18.6 Å². The van der Waals surface area contributed by atoms with Gasteiger partial charge in [0.15, 0.2) is 5.60 Å². The van der Waals surface area contributed by atoms with Crippen molar-refractivity contribution in [3.05, 3.63) is 88.0 Å². The zero-order valence-corrected chi connectivity index (χ0v) is 26.8. The number of cyclic esters (lactones) is 1. The van der Waals surface area contributed by atoms with Crippen molar-refractivity contribution in [1.29, 1.82) is 0 Å². The van der Waals surface area contributed by atoms with Crippen LogP contribution in [-0.2, 0) is 26.4 Å². The lowest BCUT2D eigenvalue weighted by Crippen LogP contribution is -2.51. The number of carbonyl (C=O) groups is 2. The summed E-state index contributed by atoms with van der Waals surface area (Å²) in [5.74, 6) is 0.0967. The van der Waals surface area contributed by atoms with E-state index in [1.54, 1.807) is 23.0 Å². The monoisotopic (exact) mass is 631 g/mol. The van der Waals surface area contributed by atoms with E-state index in [9.17, 15) is 24.8 Å². The molecule has 6 rings (SSSR count). The number of rotatable bonds is 9. The highest BCUT2D eigenvalue weighted by Gasteiger charge is 2.66. The lowest BCUT2D eigenvalue weighted by Gasteiger charge is -2.37. The van der Waals surface area contributed by atoms with E-state index in [1.165, 1.54) is 12.1 Å². The van der Waals surface area contributed by atoms with Crippen molar-refractivity contribution in [3.8, 4) is 5.75 Å². The number of hydrogen-bond acceptors (Lipinski definition) is 8. The van der Waals surface area contributed by atoms with Crippen LogP contribution in [0.3, 0.4) is 0 Å². The Morgan fingerprint density at radius 2 is 1.87 bits per heavy atom. The number of benzene rings is 3. The highest BCUT2D eigenvalue weighted by molar-refractivity contribution is 6.91. The maximum absolute atomic E-state index is 14.8. The molecule has 0 radical (unpaired) electrons. The fraction of sp³-hybridized carbons (Fsp3) is 0.394. The van der Waals surface area contributed by atoms with E-state index in [2.05, 4.69) is 25.2 Å². The molecular formula is C33H37N3O8Si. The number of fused-ring (bicyclic) bond motifs is 2. The van der Waals surface area contributed by atoms with E-state index >= 15 is 0 Å². The Hall–Kier alpha value is -4.26. The van der Waals surface area contributed by atoms with Gasteiger partial charge in [-0.15, -0.1) is 0 Å². The number of ether oxygens (including phenoxy) is 3. The van der Waals surface area contributed by atoms with Crippen LogP contribution in [0.4, 0.5) is 21.9 Å². The molecule has 12 heteroatoms. The van der Waals surface area contributed by atoms with Gasteiger partial charge in [0.2, 0.25) is 0 Å². The molecule has 11 nitrogen and oxygen atoms in total. The van der Waals surface area contributed by atoms with Crippen molar-refractivity contribution in [2.75, 3.05) is 36.7 Å². The van der Waals surface area contributed by atoms with Gasteiger partial charge in [0, 0.05) is 35.9 Å². The fourth-order valence-electron chi connectivity index (χ4n) is 7.60. The van der Waals surface area contributed by atoms with Crippen molar-refractivity contribution in [3.63, 3.8) is 0 Å². The van der Waals surface area contributed by atoms with Gasteiger partial charge in [-0.3, -0.25) is 19.8 Å². The lowest BCUT2D eigenvalue weighted by atomic mass is 9.82. The zero-order valence-electron chi connectivity index (χ0n) is 25.8. The van der Waals surface area contributed by atoms with Gasteiger partial charge in [-0.2, -0.15) is 0 Å². The molecule has 3 aromatic carbocycles. The Morgan fingerprint density at radius 1 is 1.11 bits per heavy atom.